The number of allylic oxidation sites excluding steroid dienone is 2. The Kier molecular flexibility index (Phi) is 3.42. The first kappa shape index (κ1) is 17.1. The minimum atomic E-state index is 0.725. The lowest BCUT2D eigenvalue weighted by atomic mass is 10.0. The van der Waals surface area contributed by atoms with E-state index < -0.39 is 0 Å². The molecule has 0 bridgehead atoms. The fourth-order valence-corrected chi connectivity index (χ4v) is 4.22. The minimum absolute atomic E-state index is 0.725. The minimum Gasteiger partial charge on any atom is -0.454 e. The van der Waals surface area contributed by atoms with Crippen LogP contribution in [0, 0.1) is 0 Å². The monoisotopic (exact) mass is 414 g/mol. The van der Waals surface area contributed by atoms with Gasteiger partial charge in [0.1, 0.15) is 22.4 Å². The third-order valence-electron chi connectivity index (χ3n) is 5.71. The number of nitrogens with zero attached hydrogens (tertiary/aromatic N) is 4. The van der Waals surface area contributed by atoms with Crippen LogP contribution in [0.5, 0.6) is 0 Å². The summed E-state index contributed by atoms with van der Waals surface area (Å²) in [5.41, 5.74) is 11.0. The summed E-state index contributed by atoms with van der Waals surface area (Å²) in [5.74, 6) is 0.725. The SMILES string of the molecule is C1=CC(n2ccnc2)=Cc2c(oc3c(-c4ccc5oc6cccnc6c5c4)ccnc23)C=1. The predicted octanol–water partition coefficient (Wildman–Crippen LogP) is 6.17. The molecule has 0 atom stereocenters. The topological polar surface area (TPSA) is 69.9 Å². The van der Waals surface area contributed by atoms with Crippen LogP contribution in [0.3, 0.4) is 0 Å². The van der Waals surface area contributed by atoms with Gasteiger partial charge in [0.25, 0.3) is 0 Å². The van der Waals surface area contributed by atoms with E-state index in [4.69, 9.17) is 8.83 Å². The van der Waals surface area contributed by atoms with Gasteiger partial charge >= 0.3 is 0 Å². The fraction of sp³-hybridized carbons (Fsp3) is 0. The van der Waals surface area contributed by atoms with Crippen molar-refractivity contribution in [3.05, 3.63) is 90.6 Å². The van der Waals surface area contributed by atoms with Gasteiger partial charge in [0.05, 0.1) is 12.0 Å². The Morgan fingerprint density at radius 3 is 2.78 bits per heavy atom. The van der Waals surface area contributed by atoms with E-state index in [9.17, 15) is 0 Å². The molecule has 5 aromatic heterocycles. The van der Waals surface area contributed by atoms with Crippen molar-refractivity contribution in [3.63, 3.8) is 0 Å². The molecule has 150 valence electrons. The normalized spacial score (nSPS) is 13.1. The highest BCUT2D eigenvalue weighted by Crippen LogP contribution is 2.37. The Balaban J connectivity index is 1.46. The molecule has 32 heavy (non-hydrogen) atoms. The molecule has 6 nitrogen and oxygen atoms in total. The van der Waals surface area contributed by atoms with Crippen molar-refractivity contribution in [2.45, 2.75) is 0 Å². The van der Waals surface area contributed by atoms with Crippen LogP contribution >= 0.6 is 0 Å². The van der Waals surface area contributed by atoms with Crippen LogP contribution in [0.1, 0.15) is 11.3 Å². The van der Waals surface area contributed by atoms with Gasteiger partial charge in [-0.3, -0.25) is 9.97 Å². The van der Waals surface area contributed by atoms with Gasteiger partial charge in [0.2, 0.25) is 0 Å². The molecule has 0 spiro atoms. The van der Waals surface area contributed by atoms with Gasteiger partial charge in [0.15, 0.2) is 11.2 Å². The summed E-state index contributed by atoms with van der Waals surface area (Å²) in [7, 11) is 0. The van der Waals surface area contributed by atoms with E-state index in [1.807, 2.05) is 65.5 Å². The molecule has 7 rings (SSSR count). The maximum Gasteiger partial charge on any atom is 0.161 e. The second-order valence-corrected chi connectivity index (χ2v) is 7.57. The maximum absolute atomic E-state index is 6.29. The van der Waals surface area contributed by atoms with Gasteiger partial charge < -0.3 is 13.4 Å². The number of benzene rings is 1. The summed E-state index contributed by atoms with van der Waals surface area (Å²) in [6, 6.07) is 11.9. The van der Waals surface area contributed by atoms with E-state index in [-0.39, 0.29) is 0 Å². The number of aromatic nitrogens is 4. The number of furan rings is 2. The first-order valence-electron chi connectivity index (χ1n) is 10.2. The van der Waals surface area contributed by atoms with Crippen LogP contribution in [-0.2, 0) is 0 Å². The Hall–Kier alpha value is -4.67. The van der Waals surface area contributed by atoms with Gasteiger partial charge in [-0.15, -0.1) is 5.73 Å². The molecule has 1 aliphatic rings. The van der Waals surface area contributed by atoms with Crippen molar-refractivity contribution in [2.75, 3.05) is 0 Å². The summed E-state index contributed by atoms with van der Waals surface area (Å²) in [5, 5.41) is 0.973. The molecule has 0 amide bonds. The lowest BCUT2D eigenvalue weighted by Gasteiger charge is -2.03. The lowest BCUT2D eigenvalue weighted by molar-refractivity contribution is 0.604. The summed E-state index contributed by atoms with van der Waals surface area (Å²) in [6.45, 7) is 0. The molecular weight excluding hydrogens is 400 g/mol. The highest BCUT2D eigenvalue weighted by atomic mass is 16.3. The molecule has 0 fully saturated rings. The average Bonchev–Trinajstić information content (AvgIpc) is 3.53. The standard InChI is InChI=1S/C26H14N4O2/c1-3-17(30-12-11-27-15-30)14-20-21(4-1)32-26-18(8-10-29-25(20)26)16-6-7-22-19(13-16)24-23(31-22)5-2-9-28-24/h2-15H. The van der Waals surface area contributed by atoms with Gasteiger partial charge in [-0.1, -0.05) is 6.07 Å². The van der Waals surface area contributed by atoms with Crippen LogP contribution in [0.25, 0.3) is 62.1 Å². The van der Waals surface area contributed by atoms with Crippen LogP contribution in [-0.4, -0.2) is 19.5 Å². The molecule has 1 aliphatic carbocycles. The molecular formula is C26H14N4O2. The second kappa shape index (κ2) is 6.41. The van der Waals surface area contributed by atoms with E-state index in [0.717, 1.165) is 61.3 Å². The summed E-state index contributed by atoms with van der Waals surface area (Å²) < 4.78 is 14.2. The van der Waals surface area contributed by atoms with E-state index in [2.05, 4.69) is 26.7 Å². The second-order valence-electron chi connectivity index (χ2n) is 7.57. The van der Waals surface area contributed by atoms with Crippen molar-refractivity contribution >= 4 is 51.0 Å². The van der Waals surface area contributed by atoms with Crippen molar-refractivity contribution in [3.8, 4) is 11.1 Å². The number of fused-ring (bicyclic) bond motifs is 6. The Morgan fingerprint density at radius 2 is 1.84 bits per heavy atom. The van der Waals surface area contributed by atoms with Crippen LogP contribution in [0.15, 0.2) is 88.2 Å². The highest BCUT2D eigenvalue weighted by Gasteiger charge is 2.19. The van der Waals surface area contributed by atoms with E-state index >= 15 is 0 Å². The zero-order valence-electron chi connectivity index (χ0n) is 16.7. The molecule has 0 saturated heterocycles. The molecule has 5 heterocycles. The molecule has 1 aromatic carbocycles. The first-order chi connectivity index (χ1) is 15.8. The quantitative estimate of drug-likeness (QED) is 0.317. The molecule has 6 aromatic rings. The van der Waals surface area contributed by atoms with Crippen molar-refractivity contribution in [1.29, 1.82) is 0 Å². The van der Waals surface area contributed by atoms with Gasteiger partial charge in [-0.25, -0.2) is 4.98 Å². The zero-order chi connectivity index (χ0) is 21.1. The van der Waals surface area contributed by atoms with E-state index in [1.54, 1.807) is 18.7 Å². The largest absolute Gasteiger partial charge is 0.454 e. The van der Waals surface area contributed by atoms with Crippen LogP contribution < -0.4 is 0 Å². The Morgan fingerprint density at radius 1 is 0.875 bits per heavy atom. The number of hydrogen-bond donors (Lipinski definition) is 0. The Bertz CT molecular complexity index is 1760. The summed E-state index contributed by atoms with van der Waals surface area (Å²) in [6.07, 6.45) is 14.8. The van der Waals surface area contributed by atoms with E-state index in [0.29, 0.717) is 0 Å². The summed E-state index contributed by atoms with van der Waals surface area (Å²) in [4.78, 5) is 13.3. The van der Waals surface area contributed by atoms with Gasteiger partial charge in [0, 0.05) is 53.5 Å². The maximum atomic E-state index is 6.29. The number of imidazole rings is 1. The molecule has 0 N–H and O–H groups in total. The van der Waals surface area contributed by atoms with Gasteiger partial charge in [-0.05, 0) is 42.0 Å². The number of hydrogen-bond acceptors (Lipinski definition) is 5. The summed E-state index contributed by atoms with van der Waals surface area (Å²) >= 11 is 0. The van der Waals surface area contributed by atoms with Gasteiger partial charge in [-0.2, -0.15) is 0 Å². The van der Waals surface area contributed by atoms with Crippen LogP contribution in [0.4, 0.5) is 0 Å². The Labute approximate surface area is 181 Å². The van der Waals surface area contributed by atoms with Crippen molar-refractivity contribution in [2.24, 2.45) is 0 Å². The molecule has 0 radical (unpaired) electrons. The lowest BCUT2D eigenvalue weighted by Crippen LogP contribution is -1.90. The van der Waals surface area contributed by atoms with Crippen molar-refractivity contribution in [1.82, 2.24) is 19.5 Å². The first-order valence-corrected chi connectivity index (χ1v) is 10.2. The number of pyridine rings is 2. The fourth-order valence-electron chi connectivity index (χ4n) is 4.22. The van der Waals surface area contributed by atoms with Crippen LogP contribution in [0.2, 0.25) is 0 Å². The predicted molar refractivity (Wildman–Crippen MR) is 123 cm³/mol. The van der Waals surface area contributed by atoms with Crippen molar-refractivity contribution < 1.29 is 8.83 Å². The van der Waals surface area contributed by atoms with E-state index in [1.165, 1.54) is 0 Å². The average molecular weight is 414 g/mol. The smallest absolute Gasteiger partial charge is 0.161 e. The third-order valence-corrected chi connectivity index (χ3v) is 5.71. The molecule has 0 unspecified atom stereocenters. The third kappa shape index (κ3) is 2.44. The molecule has 0 saturated carbocycles. The number of rotatable bonds is 2. The highest BCUT2D eigenvalue weighted by molar-refractivity contribution is 6.06. The zero-order valence-corrected chi connectivity index (χ0v) is 16.7. The molecule has 6 heteroatoms. The molecule has 0 aliphatic heterocycles.